The summed E-state index contributed by atoms with van der Waals surface area (Å²) in [6.07, 6.45) is 6.03. The summed E-state index contributed by atoms with van der Waals surface area (Å²) in [6, 6.07) is 8.57. The second-order valence-electron chi connectivity index (χ2n) is 6.01. The zero-order valence-corrected chi connectivity index (χ0v) is 14.4. The van der Waals surface area contributed by atoms with E-state index in [2.05, 4.69) is 45.6 Å². The molecule has 0 saturated heterocycles. The monoisotopic (exact) mass is 352 g/mol. The van der Waals surface area contributed by atoms with Crippen LogP contribution in [0, 0.1) is 0 Å². The molecule has 2 N–H and O–H groups in total. The van der Waals surface area contributed by atoms with Gasteiger partial charge in [-0.05, 0) is 44.4 Å². The molecule has 1 aliphatic carbocycles. The normalized spacial score (nSPS) is 19.0. The fourth-order valence-corrected chi connectivity index (χ4v) is 3.14. The summed E-state index contributed by atoms with van der Waals surface area (Å²) in [5, 5.41) is 6.55. The van der Waals surface area contributed by atoms with Crippen LogP contribution in [0.15, 0.2) is 28.7 Å². The van der Waals surface area contributed by atoms with Crippen molar-refractivity contribution in [1.82, 2.24) is 10.6 Å². The van der Waals surface area contributed by atoms with Gasteiger partial charge < -0.3 is 5.32 Å². The molecule has 2 unspecified atom stereocenters. The maximum absolute atomic E-state index is 12.3. The predicted molar refractivity (Wildman–Crippen MR) is 90.2 cm³/mol. The van der Waals surface area contributed by atoms with Crippen LogP contribution < -0.4 is 10.6 Å². The number of hydrogen-bond acceptors (Lipinski definition) is 2. The van der Waals surface area contributed by atoms with Gasteiger partial charge in [0.1, 0.15) is 0 Å². The Kier molecular flexibility index (Phi) is 6.24. The van der Waals surface area contributed by atoms with Gasteiger partial charge in [0.25, 0.3) is 0 Å². The van der Waals surface area contributed by atoms with Gasteiger partial charge in [-0.3, -0.25) is 10.1 Å². The van der Waals surface area contributed by atoms with Crippen molar-refractivity contribution in [2.24, 2.45) is 0 Å². The lowest BCUT2D eigenvalue weighted by Crippen LogP contribution is -2.47. The van der Waals surface area contributed by atoms with E-state index in [4.69, 9.17) is 0 Å². The quantitative estimate of drug-likeness (QED) is 0.842. The molecule has 0 aromatic heterocycles. The average Bonchev–Trinajstić information content (AvgIpc) is 2.48. The van der Waals surface area contributed by atoms with Crippen molar-refractivity contribution >= 4 is 21.8 Å². The first-order chi connectivity index (χ1) is 10.1. The molecule has 0 radical (unpaired) electrons. The molecule has 1 aromatic rings. The summed E-state index contributed by atoms with van der Waals surface area (Å²) in [5.41, 5.74) is 1.19. The summed E-state index contributed by atoms with van der Waals surface area (Å²) in [7, 11) is 0. The van der Waals surface area contributed by atoms with Crippen molar-refractivity contribution in [2.75, 3.05) is 0 Å². The number of rotatable bonds is 5. The second kappa shape index (κ2) is 7.95. The molecule has 2 rings (SSSR count). The summed E-state index contributed by atoms with van der Waals surface area (Å²) in [4.78, 5) is 12.3. The van der Waals surface area contributed by atoms with E-state index in [0.29, 0.717) is 6.04 Å². The van der Waals surface area contributed by atoms with E-state index < -0.39 is 0 Å². The first-order valence-corrected chi connectivity index (χ1v) is 8.67. The highest BCUT2D eigenvalue weighted by Gasteiger charge is 2.20. The molecule has 0 spiro atoms. The SMILES string of the molecule is CC(NC(C)c1ccc(Br)cc1)C(=O)NC1CCCCC1. The van der Waals surface area contributed by atoms with Gasteiger partial charge in [0, 0.05) is 16.6 Å². The average molecular weight is 353 g/mol. The lowest BCUT2D eigenvalue weighted by atomic mass is 9.95. The highest BCUT2D eigenvalue weighted by atomic mass is 79.9. The number of amides is 1. The Hall–Kier alpha value is -0.870. The molecule has 1 saturated carbocycles. The van der Waals surface area contributed by atoms with Gasteiger partial charge in [0.15, 0.2) is 0 Å². The van der Waals surface area contributed by atoms with Crippen LogP contribution in [0.5, 0.6) is 0 Å². The van der Waals surface area contributed by atoms with Crippen LogP contribution in [0.4, 0.5) is 0 Å². The van der Waals surface area contributed by atoms with E-state index in [9.17, 15) is 4.79 Å². The molecule has 2 atom stereocenters. The van der Waals surface area contributed by atoms with Crippen molar-refractivity contribution < 1.29 is 4.79 Å². The van der Waals surface area contributed by atoms with Gasteiger partial charge >= 0.3 is 0 Å². The number of halogens is 1. The molecule has 1 fully saturated rings. The number of carbonyl (C=O) groups is 1. The highest BCUT2D eigenvalue weighted by molar-refractivity contribution is 9.10. The van der Waals surface area contributed by atoms with Crippen LogP contribution in [0.2, 0.25) is 0 Å². The van der Waals surface area contributed by atoms with E-state index in [1.54, 1.807) is 0 Å². The van der Waals surface area contributed by atoms with Crippen LogP contribution in [0.1, 0.15) is 57.6 Å². The number of carbonyl (C=O) groups excluding carboxylic acids is 1. The van der Waals surface area contributed by atoms with Crippen LogP contribution in [0.3, 0.4) is 0 Å². The van der Waals surface area contributed by atoms with Crippen molar-refractivity contribution in [3.63, 3.8) is 0 Å². The molecule has 0 heterocycles. The molecule has 116 valence electrons. The highest BCUT2D eigenvalue weighted by Crippen LogP contribution is 2.18. The fourth-order valence-electron chi connectivity index (χ4n) is 2.87. The minimum atomic E-state index is -0.175. The summed E-state index contributed by atoms with van der Waals surface area (Å²) < 4.78 is 1.07. The largest absolute Gasteiger partial charge is 0.352 e. The Bertz CT molecular complexity index is 454. The summed E-state index contributed by atoms with van der Waals surface area (Å²) in [6.45, 7) is 4.03. The standard InChI is InChI=1S/C17H25BrN2O/c1-12(14-8-10-15(18)11-9-14)19-13(2)17(21)20-16-6-4-3-5-7-16/h8-13,16,19H,3-7H2,1-2H3,(H,20,21). The van der Waals surface area contributed by atoms with Gasteiger partial charge in [-0.2, -0.15) is 0 Å². The molecule has 1 amide bonds. The topological polar surface area (TPSA) is 41.1 Å². The molecule has 0 aliphatic heterocycles. The zero-order chi connectivity index (χ0) is 15.2. The van der Waals surface area contributed by atoms with Gasteiger partial charge in [-0.1, -0.05) is 47.3 Å². The molecule has 3 nitrogen and oxygen atoms in total. The third-order valence-corrected chi connectivity index (χ3v) is 4.74. The fraction of sp³-hybridized carbons (Fsp3) is 0.588. The van der Waals surface area contributed by atoms with E-state index in [0.717, 1.165) is 17.3 Å². The van der Waals surface area contributed by atoms with Crippen molar-refractivity contribution in [3.05, 3.63) is 34.3 Å². The van der Waals surface area contributed by atoms with Gasteiger partial charge in [-0.25, -0.2) is 0 Å². The lowest BCUT2D eigenvalue weighted by Gasteiger charge is -2.26. The van der Waals surface area contributed by atoms with Crippen molar-refractivity contribution in [1.29, 1.82) is 0 Å². The number of benzene rings is 1. The maximum Gasteiger partial charge on any atom is 0.237 e. The molecule has 1 aromatic carbocycles. The third-order valence-electron chi connectivity index (χ3n) is 4.21. The van der Waals surface area contributed by atoms with Gasteiger partial charge in [0.2, 0.25) is 5.91 Å². The minimum Gasteiger partial charge on any atom is -0.352 e. The summed E-state index contributed by atoms with van der Waals surface area (Å²) in [5.74, 6) is 0.117. The van der Waals surface area contributed by atoms with Crippen LogP contribution >= 0.6 is 15.9 Å². The molecule has 21 heavy (non-hydrogen) atoms. The maximum atomic E-state index is 12.3. The first-order valence-electron chi connectivity index (χ1n) is 7.88. The van der Waals surface area contributed by atoms with Gasteiger partial charge in [0.05, 0.1) is 6.04 Å². The molecule has 0 bridgehead atoms. The van der Waals surface area contributed by atoms with E-state index in [1.807, 2.05) is 19.1 Å². The van der Waals surface area contributed by atoms with Crippen LogP contribution in [-0.2, 0) is 4.79 Å². The zero-order valence-electron chi connectivity index (χ0n) is 12.9. The molecular formula is C17H25BrN2O. The number of hydrogen-bond donors (Lipinski definition) is 2. The van der Waals surface area contributed by atoms with Crippen LogP contribution in [0.25, 0.3) is 0 Å². The Morgan fingerprint density at radius 3 is 2.38 bits per heavy atom. The molecule has 1 aliphatic rings. The van der Waals surface area contributed by atoms with Crippen molar-refractivity contribution in [2.45, 2.75) is 64.1 Å². The van der Waals surface area contributed by atoms with Crippen molar-refractivity contribution in [3.8, 4) is 0 Å². The Labute approximate surface area is 136 Å². The summed E-state index contributed by atoms with van der Waals surface area (Å²) >= 11 is 3.44. The smallest absolute Gasteiger partial charge is 0.237 e. The minimum absolute atomic E-state index is 0.117. The Morgan fingerprint density at radius 2 is 1.76 bits per heavy atom. The van der Waals surface area contributed by atoms with Gasteiger partial charge in [-0.15, -0.1) is 0 Å². The number of nitrogens with one attached hydrogen (secondary N) is 2. The third kappa shape index (κ3) is 5.11. The van der Waals surface area contributed by atoms with E-state index >= 15 is 0 Å². The molecule has 4 heteroatoms. The van der Waals surface area contributed by atoms with E-state index in [1.165, 1.54) is 24.8 Å². The Morgan fingerprint density at radius 1 is 1.14 bits per heavy atom. The predicted octanol–water partition coefficient (Wildman–Crippen LogP) is 3.94. The van der Waals surface area contributed by atoms with E-state index in [-0.39, 0.29) is 18.0 Å². The second-order valence-corrected chi connectivity index (χ2v) is 6.92. The Balaban J connectivity index is 1.83. The lowest BCUT2D eigenvalue weighted by molar-refractivity contribution is -0.123. The van der Waals surface area contributed by atoms with Crippen LogP contribution in [-0.4, -0.2) is 18.0 Å². The first kappa shape index (κ1) is 16.5. The molecular weight excluding hydrogens is 328 g/mol.